The first-order valence-electron chi connectivity index (χ1n) is 9.82. The van der Waals surface area contributed by atoms with E-state index in [0.29, 0.717) is 31.2 Å². The number of fused-ring (bicyclic) bond motifs is 1. The number of methoxy groups -OCH3 is 1. The molecule has 0 bridgehead atoms. The molecule has 9 nitrogen and oxygen atoms in total. The third-order valence-corrected chi connectivity index (χ3v) is 4.72. The summed E-state index contributed by atoms with van der Waals surface area (Å²) < 4.78 is 7.04. The van der Waals surface area contributed by atoms with Crippen molar-refractivity contribution in [1.82, 2.24) is 30.7 Å². The summed E-state index contributed by atoms with van der Waals surface area (Å²) in [6, 6.07) is 7.77. The summed E-state index contributed by atoms with van der Waals surface area (Å²) in [4.78, 5) is 21.0. The first kappa shape index (κ1) is 20.8. The van der Waals surface area contributed by atoms with Crippen molar-refractivity contribution in [3.8, 4) is 0 Å². The van der Waals surface area contributed by atoms with E-state index in [9.17, 15) is 4.79 Å². The number of aryl methyl sites for hydroxylation is 2. The number of hydrogen-bond donors (Lipinski definition) is 3. The summed E-state index contributed by atoms with van der Waals surface area (Å²) in [5, 5.41) is 14.1. The van der Waals surface area contributed by atoms with Gasteiger partial charge in [-0.25, -0.2) is 9.67 Å². The van der Waals surface area contributed by atoms with Gasteiger partial charge in [-0.15, -0.1) is 0 Å². The van der Waals surface area contributed by atoms with Gasteiger partial charge in [0.1, 0.15) is 12.4 Å². The van der Waals surface area contributed by atoms with Crippen molar-refractivity contribution in [2.75, 3.05) is 27.2 Å². The maximum absolute atomic E-state index is 12.2. The van der Waals surface area contributed by atoms with Crippen molar-refractivity contribution in [1.29, 1.82) is 0 Å². The van der Waals surface area contributed by atoms with Gasteiger partial charge in [0.25, 0.3) is 5.91 Å². The molecule has 1 aromatic heterocycles. The zero-order valence-corrected chi connectivity index (χ0v) is 17.2. The molecular formula is C20H29N7O2. The molecule has 29 heavy (non-hydrogen) atoms. The first-order valence-corrected chi connectivity index (χ1v) is 9.82. The Balaban J connectivity index is 1.42. The van der Waals surface area contributed by atoms with E-state index in [1.807, 2.05) is 35.9 Å². The molecule has 1 aliphatic rings. The molecule has 1 atom stereocenters. The predicted molar refractivity (Wildman–Crippen MR) is 111 cm³/mol. The SMILES string of the molecule is CN=C(NCCNC(=O)c1cccc(C)c1)NC1CCc2nc(COC)nn2C1. The number of nitrogens with zero attached hydrogens (tertiary/aromatic N) is 4. The molecular weight excluding hydrogens is 370 g/mol. The van der Waals surface area contributed by atoms with Crippen LogP contribution in [0.4, 0.5) is 0 Å². The van der Waals surface area contributed by atoms with Crippen molar-refractivity contribution in [3.63, 3.8) is 0 Å². The van der Waals surface area contributed by atoms with Crippen LogP contribution in [0, 0.1) is 6.92 Å². The van der Waals surface area contributed by atoms with Crippen LogP contribution in [0.1, 0.15) is 34.0 Å². The zero-order valence-electron chi connectivity index (χ0n) is 17.2. The Bertz CT molecular complexity index is 862. The fourth-order valence-corrected chi connectivity index (χ4v) is 3.30. The van der Waals surface area contributed by atoms with Gasteiger partial charge in [0, 0.05) is 45.3 Å². The van der Waals surface area contributed by atoms with Crippen LogP contribution in [0.2, 0.25) is 0 Å². The molecule has 0 spiro atoms. The molecule has 156 valence electrons. The lowest BCUT2D eigenvalue weighted by Gasteiger charge is -2.25. The largest absolute Gasteiger partial charge is 0.377 e. The molecule has 2 aromatic rings. The standard InChI is InChI=1S/C20H29N7O2/c1-14-5-4-6-15(11-14)19(28)22-9-10-23-20(21-2)24-16-7-8-18-25-17(13-29-3)26-27(18)12-16/h4-6,11,16H,7-10,12-13H2,1-3H3,(H,22,28)(H2,21,23,24). The van der Waals surface area contributed by atoms with Gasteiger partial charge in [0.15, 0.2) is 11.8 Å². The van der Waals surface area contributed by atoms with E-state index in [4.69, 9.17) is 4.74 Å². The Kier molecular flexibility index (Phi) is 7.18. The van der Waals surface area contributed by atoms with Crippen LogP contribution in [-0.4, -0.2) is 59.9 Å². The van der Waals surface area contributed by atoms with Crippen LogP contribution >= 0.6 is 0 Å². The maximum atomic E-state index is 12.2. The van der Waals surface area contributed by atoms with Gasteiger partial charge in [-0.1, -0.05) is 17.7 Å². The van der Waals surface area contributed by atoms with E-state index in [2.05, 4.69) is 31.0 Å². The summed E-state index contributed by atoms with van der Waals surface area (Å²) in [6.45, 7) is 4.22. The highest BCUT2D eigenvalue weighted by molar-refractivity contribution is 5.94. The third-order valence-electron chi connectivity index (χ3n) is 4.72. The number of aromatic nitrogens is 3. The van der Waals surface area contributed by atoms with Crippen LogP contribution in [0.3, 0.4) is 0 Å². The number of nitrogens with one attached hydrogen (secondary N) is 3. The molecule has 2 heterocycles. The molecule has 0 radical (unpaired) electrons. The molecule has 1 amide bonds. The van der Waals surface area contributed by atoms with Crippen LogP contribution in [0.25, 0.3) is 0 Å². The van der Waals surface area contributed by atoms with Gasteiger partial charge in [-0.05, 0) is 25.5 Å². The molecule has 0 fully saturated rings. The van der Waals surface area contributed by atoms with E-state index in [1.165, 1.54) is 0 Å². The molecule has 0 saturated heterocycles. The lowest BCUT2D eigenvalue weighted by molar-refractivity contribution is 0.0954. The Morgan fingerprint density at radius 1 is 1.34 bits per heavy atom. The summed E-state index contributed by atoms with van der Waals surface area (Å²) in [7, 11) is 3.38. The van der Waals surface area contributed by atoms with E-state index >= 15 is 0 Å². The second-order valence-electron chi connectivity index (χ2n) is 7.06. The number of aliphatic imine (C=N–C) groups is 1. The highest BCUT2D eigenvalue weighted by atomic mass is 16.5. The fourth-order valence-electron chi connectivity index (χ4n) is 3.30. The fraction of sp³-hybridized carbons (Fsp3) is 0.500. The summed E-state index contributed by atoms with van der Waals surface area (Å²) in [6.07, 6.45) is 1.81. The van der Waals surface area contributed by atoms with Gasteiger partial charge < -0.3 is 20.7 Å². The number of guanidine groups is 1. The van der Waals surface area contributed by atoms with Gasteiger partial charge in [-0.2, -0.15) is 5.10 Å². The molecule has 0 saturated carbocycles. The molecule has 3 rings (SSSR count). The maximum Gasteiger partial charge on any atom is 0.251 e. The van der Waals surface area contributed by atoms with E-state index in [-0.39, 0.29) is 11.9 Å². The number of rotatable bonds is 7. The molecule has 0 aliphatic carbocycles. The van der Waals surface area contributed by atoms with E-state index in [1.54, 1.807) is 14.2 Å². The molecule has 9 heteroatoms. The minimum atomic E-state index is -0.0729. The highest BCUT2D eigenvalue weighted by Crippen LogP contribution is 2.13. The monoisotopic (exact) mass is 399 g/mol. The number of carbonyl (C=O) groups is 1. The molecule has 1 aliphatic heterocycles. The topological polar surface area (TPSA) is 105 Å². The van der Waals surface area contributed by atoms with Gasteiger partial charge in [0.2, 0.25) is 0 Å². The van der Waals surface area contributed by atoms with Gasteiger partial charge in [0.05, 0.1) is 6.54 Å². The van der Waals surface area contributed by atoms with Crippen LogP contribution in [0.5, 0.6) is 0 Å². The first-order chi connectivity index (χ1) is 14.1. The van der Waals surface area contributed by atoms with Crippen molar-refractivity contribution < 1.29 is 9.53 Å². The Morgan fingerprint density at radius 3 is 2.93 bits per heavy atom. The van der Waals surface area contributed by atoms with Crippen molar-refractivity contribution in [2.45, 2.75) is 39.0 Å². The summed E-state index contributed by atoms with van der Waals surface area (Å²) in [5.41, 5.74) is 1.74. The Morgan fingerprint density at radius 2 is 2.17 bits per heavy atom. The smallest absolute Gasteiger partial charge is 0.251 e. The Hall–Kier alpha value is -2.94. The minimum absolute atomic E-state index is 0.0729. The number of ether oxygens (including phenoxy) is 1. The van der Waals surface area contributed by atoms with E-state index < -0.39 is 0 Å². The highest BCUT2D eigenvalue weighted by Gasteiger charge is 2.22. The lowest BCUT2D eigenvalue weighted by atomic mass is 10.1. The van der Waals surface area contributed by atoms with Crippen LogP contribution < -0.4 is 16.0 Å². The van der Waals surface area contributed by atoms with Crippen molar-refractivity contribution in [2.24, 2.45) is 4.99 Å². The number of amides is 1. The quantitative estimate of drug-likeness (QED) is 0.359. The summed E-state index contributed by atoms with van der Waals surface area (Å²) >= 11 is 0. The lowest BCUT2D eigenvalue weighted by Crippen LogP contribution is -2.48. The van der Waals surface area contributed by atoms with Gasteiger partial charge >= 0.3 is 0 Å². The van der Waals surface area contributed by atoms with Crippen LogP contribution in [-0.2, 0) is 24.3 Å². The number of benzene rings is 1. The predicted octanol–water partition coefficient (Wildman–Crippen LogP) is 0.643. The minimum Gasteiger partial charge on any atom is -0.377 e. The molecule has 1 unspecified atom stereocenters. The normalized spacial score (nSPS) is 16.2. The second-order valence-corrected chi connectivity index (χ2v) is 7.06. The Labute approximate surface area is 171 Å². The van der Waals surface area contributed by atoms with Gasteiger partial charge in [-0.3, -0.25) is 9.79 Å². The molecule has 3 N–H and O–H groups in total. The van der Waals surface area contributed by atoms with Crippen molar-refractivity contribution in [3.05, 3.63) is 47.0 Å². The van der Waals surface area contributed by atoms with E-state index in [0.717, 1.165) is 36.6 Å². The molecule has 1 aromatic carbocycles. The summed E-state index contributed by atoms with van der Waals surface area (Å²) in [5.74, 6) is 2.35. The second kappa shape index (κ2) is 10.0. The number of hydrogen-bond acceptors (Lipinski definition) is 5. The van der Waals surface area contributed by atoms with Crippen LogP contribution in [0.15, 0.2) is 29.3 Å². The average molecular weight is 399 g/mol. The third kappa shape index (κ3) is 5.77. The van der Waals surface area contributed by atoms with Crippen molar-refractivity contribution >= 4 is 11.9 Å². The number of carbonyl (C=O) groups excluding carboxylic acids is 1. The average Bonchev–Trinajstić information content (AvgIpc) is 3.12. The zero-order chi connectivity index (χ0) is 20.6.